The van der Waals surface area contributed by atoms with Gasteiger partial charge >= 0.3 is 0 Å². The maximum Gasteiger partial charge on any atom is 0.128 e. The van der Waals surface area contributed by atoms with E-state index in [2.05, 4.69) is 0 Å². The summed E-state index contributed by atoms with van der Waals surface area (Å²) >= 11 is 0. The molecule has 1 aromatic carbocycles. The molecule has 2 nitrogen and oxygen atoms in total. The average Bonchev–Trinajstić information content (AvgIpc) is 2.19. The SMILES string of the molecule is N#CCc1ccc(C=CCO)cc1F. The summed E-state index contributed by atoms with van der Waals surface area (Å²) in [6.07, 6.45) is 3.23. The van der Waals surface area contributed by atoms with Gasteiger partial charge in [0.1, 0.15) is 5.82 Å². The van der Waals surface area contributed by atoms with Crippen molar-refractivity contribution in [2.24, 2.45) is 0 Å². The molecular formula is C11H10FNO. The van der Waals surface area contributed by atoms with Gasteiger partial charge in [-0.25, -0.2) is 4.39 Å². The predicted octanol–water partition coefficient (Wildman–Crippen LogP) is 1.90. The van der Waals surface area contributed by atoms with Crippen LogP contribution in [0.15, 0.2) is 24.3 Å². The van der Waals surface area contributed by atoms with Crippen LogP contribution in [0.25, 0.3) is 6.08 Å². The van der Waals surface area contributed by atoms with Crippen LogP contribution >= 0.6 is 0 Å². The van der Waals surface area contributed by atoms with Gasteiger partial charge in [-0.2, -0.15) is 5.26 Å². The Balaban J connectivity index is 2.90. The lowest BCUT2D eigenvalue weighted by atomic mass is 10.1. The molecule has 0 fully saturated rings. The molecule has 0 aliphatic rings. The Bertz CT molecular complexity index is 379. The normalized spacial score (nSPS) is 10.4. The van der Waals surface area contributed by atoms with Gasteiger partial charge in [-0.1, -0.05) is 24.3 Å². The lowest BCUT2D eigenvalue weighted by Crippen LogP contribution is -1.89. The number of benzene rings is 1. The highest BCUT2D eigenvalue weighted by Crippen LogP contribution is 2.12. The third-order valence-corrected chi connectivity index (χ3v) is 1.76. The van der Waals surface area contributed by atoms with Gasteiger partial charge in [0.15, 0.2) is 0 Å². The van der Waals surface area contributed by atoms with Crippen molar-refractivity contribution in [2.75, 3.05) is 6.61 Å². The van der Waals surface area contributed by atoms with E-state index >= 15 is 0 Å². The number of halogens is 1. The van der Waals surface area contributed by atoms with E-state index in [0.29, 0.717) is 11.1 Å². The molecule has 3 heteroatoms. The number of aliphatic hydroxyl groups is 1. The first-order valence-electron chi connectivity index (χ1n) is 4.20. The molecule has 0 amide bonds. The molecule has 14 heavy (non-hydrogen) atoms. The van der Waals surface area contributed by atoms with E-state index in [1.54, 1.807) is 18.2 Å². The van der Waals surface area contributed by atoms with Crippen molar-refractivity contribution in [1.82, 2.24) is 0 Å². The zero-order valence-corrected chi connectivity index (χ0v) is 7.57. The van der Waals surface area contributed by atoms with Gasteiger partial charge in [-0.15, -0.1) is 0 Å². The Morgan fingerprint density at radius 1 is 1.50 bits per heavy atom. The molecule has 1 N–H and O–H groups in total. The van der Waals surface area contributed by atoms with Crippen LogP contribution in [-0.4, -0.2) is 11.7 Å². The molecule has 0 saturated carbocycles. The Kier molecular flexibility index (Phi) is 3.84. The van der Waals surface area contributed by atoms with Crippen LogP contribution in [0.4, 0.5) is 4.39 Å². The number of hydrogen-bond donors (Lipinski definition) is 1. The number of nitrogens with zero attached hydrogens (tertiary/aromatic N) is 1. The van der Waals surface area contributed by atoms with Crippen molar-refractivity contribution in [3.05, 3.63) is 41.2 Å². The molecule has 0 saturated heterocycles. The fourth-order valence-electron chi connectivity index (χ4n) is 1.08. The van der Waals surface area contributed by atoms with Gasteiger partial charge in [0.25, 0.3) is 0 Å². The average molecular weight is 191 g/mol. The summed E-state index contributed by atoms with van der Waals surface area (Å²) in [4.78, 5) is 0. The molecule has 0 atom stereocenters. The van der Waals surface area contributed by atoms with Crippen molar-refractivity contribution in [3.8, 4) is 6.07 Å². The first-order chi connectivity index (χ1) is 6.77. The van der Waals surface area contributed by atoms with Crippen molar-refractivity contribution < 1.29 is 9.50 Å². The highest BCUT2D eigenvalue weighted by Gasteiger charge is 2.00. The van der Waals surface area contributed by atoms with Crippen LogP contribution in [0, 0.1) is 17.1 Å². The molecule has 0 aliphatic carbocycles. The van der Waals surface area contributed by atoms with Gasteiger partial charge in [-0.05, 0) is 11.6 Å². The zero-order valence-electron chi connectivity index (χ0n) is 7.57. The largest absolute Gasteiger partial charge is 0.392 e. The zero-order chi connectivity index (χ0) is 10.4. The number of rotatable bonds is 3. The van der Waals surface area contributed by atoms with Crippen molar-refractivity contribution in [3.63, 3.8) is 0 Å². The second kappa shape index (κ2) is 5.15. The topological polar surface area (TPSA) is 44.0 Å². The molecule has 72 valence electrons. The highest BCUT2D eigenvalue weighted by atomic mass is 19.1. The summed E-state index contributed by atoms with van der Waals surface area (Å²) in [5.74, 6) is -0.383. The van der Waals surface area contributed by atoms with E-state index in [1.165, 1.54) is 12.1 Å². The van der Waals surface area contributed by atoms with E-state index < -0.39 is 0 Å². The molecule has 0 heterocycles. The van der Waals surface area contributed by atoms with Crippen molar-refractivity contribution in [2.45, 2.75) is 6.42 Å². The third kappa shape index (κ3) is 2.68. The summed E-state index contributed by atoms with van der Waals surface area (Å²) in [6.45, 7) is -0.0679. The first kappa shape index (κ1) is 10.4. The highest BCUT2D eigenvalue weighted by molar-refractivity contribution is 5.50. The maximum atomic E-state index is 13.2. The minimum atomic E-state index is -0.383. The molecule has 1 rings (SSSR count). The number of hydrogen-bond acceptors (Lipinski definition) is 2. The van der Waals surface area contributed by atoms with Gasteiger partial charge in [-0.3, -0.25) is 0 Å². The summed E-state index contributed by atoms with van der Waals surface area (Å²) in [7, 11) is 0. The van der Waals surface area contributed by atoms with Gasteiger partial charge in [0.2, 0.25) is 0 Å². The minimum Gasteiger partial charge on any atom is -0.392 e. The monoisotopic (exact) mass is 191 g/mol. The van der Waals surface area contributed by atoms with E-state index in [9.17, 15) is 4.39 Å². The second-order valence-corrected chi connectivity index (χ2v) is 2.77. The van der Waals surface area contributed by atoms with Gasteiger partial charge in [0, 0.05) is 5.56 Å². The number of nitriles is 1. The Morgan fingerprint density at radius 3 is 2.86 bits per heavy atom. The molecular weight excluding hydrogens is 181 g/mol. The fourth-order valence-corrected chi connectivity index (χ4v) is 1.08. The van der Waals surface area contributed by atoms with Gasteiger partial charge in [0.05, 0.1) is 19.1 Å². The summed E-state index contributed by atoms with van der Waals surface area (Å²) in [6, 6.07) is 6.52. The number of aliphatic hydroxyl groups excluding tert-OH is 1. The molecule has 0 radical (unpaired) electrons. The smallest absolute Gasteiger partial charge is 0.128 e. The van der Waals surface area contributed by atoms with Gasteiger partial charge < -0.3 is 5.11 Å². The third-order valence-electron chi connectivity index (χ3n) is 1.76. The van der Waals surface area contributed by atoms with E-state index in [1.807, 2.05) is 6.07 Å². The predicted molar refractivity (Wildman–Crippen MR) is 51.8 cm³/mol. The second-order valence-electron chi connectivity index (χ2n) is 2.77. The van der Waals surface area contributed by atoms with E-state index in [0.717, 1.165) is 0 Å². The first-order valence-corrected chi connectivity index (χ1v) is 4.20. The van der Waals surface area contributed by atoms with Crippen molar-refractivity contribution >= 4 is 6.08 Å². The van der Waals surface area contributed by atoms with Crippen molar-refractivity contribution in [1.29, 1.82) is 5.26 Å². The summed E-state index contributed by atoms with van der Waals surface area (Å²) in [5, 5.41) is 16.9. The lowest BCUT2D eigenvalue weighted by molar-refractivity contribution is 0.343. The molecule has 0 bridgehead atoms. The minimum absolute atomic E-state index is 0.0679. The van der Waals surface area contributed by atoms with Crippen LogP contribution in [0.2, 0.25) is 0 Å². The molecule has 0 aromatic heterocycles. The lowest BCUT2D eigenvalue weighted by Gasteiger charge is -1.99. The fraction of sp³-hybridized carbons (Fsp3) is 0.182. The Labute approximate surface area is 81.9 Å². The van der Waals surface area contributed by atoms with Crippen LogP contribution < -0.4 is 0 Å². The van der Waals surface area contributed by atoms with Crippen LogP contribution in [0.1, 0.15) is 11.1 Å². The van der Waals surface area contributed by atoms with Crippen LogP contribution in [-0.2, 0) is 6.42 Å². The van der Waals surface area contributed by atoms with E-state index in [4.69, 9.17) is 10.4 Å². The quantitative estimate of drug-likeness (QED) is 0.792. The van der Waals surface area contributed by atoms with Crippen LogP contribution in [0.3, 0.4) is 0 Å². The van der Waals surface area contributed by atoms with E-state index in [-0.39, 0.29) is 18.8 Å². The maximum absolute atomic E-state index is 13.2. The molecule has 0 spiro atoms. The molecule has 0 aliphatic heterocycles. The standard InChI is InChI=1S/C11H10FNO/c12-11-8-9(2-1-7-14)3-4-10(11)5-6-13/h1-4,8,14H,5,7H2. The molecule has 0 unspecified atom stereocenters. The Hall–Kier alpha value is -1.66. The van der Waals surface area contributed by atoms with Crippen LogP contribution in [0.5, 0.6) is 0 Å². The molecule has 1 aromatic rings. The summed E-state index contributed by atoms with van der Waals surface area (Å²) in [5.41, 5.74) is 1.08. The Morgan fingerprint density at radius 2 is 2.29 bits per heavy atom. The summed E-state index contributed by atoms with van der Waals surface area (Å²) < 4.78 is 13.2.